The predicted octanol–water partition coefficient (Wildman–Crippen LogP) is -1.44. The lowest BCUT2D eigenvalue weighted by molar-refractivity contribution is -0.158. The summed E-state index contributed by atoms with van der Waals surface area (Å²) in [5.41, 5.74) is 5.86. The molecule has 5 atom stereocenters. The molecule has 1 unspecified atom stereocenters. The number of aromatic nitrogens is 1. The van der Waals surface area contributed by atoms with Gasteiger partial charge >= 0.3 is 5.97 Å². The Kier molecular flexibility index (Phi) is 6.94. The Morgan fingerprint density at radius 2 is 2.12 bits per heavy atom. The smallest absolute Gasteiger partial charge is 0.306 e. The predicted molar refractivity (Wildman–Crippen MR) is 117 cm³/mol. The Morgan fingerprint density at radius 1 is 1.34 bits per heavy atom. The van der Waals surface area contributed by atoms with E-state index in [0.29, 0.717) is 30.3 Å². The van der Waals surface area contributed by atoms with Gasteiger partial charge in [-0.1, -0.05) is 12.8 Å². The number of ether oxygens (including phenoxy) is 2. The fourth-order valence-corrected chi connectivity index (χ4v) is 5.39. The Bertz CT molecular complexity index is 846. The molecule has 3 fully saturated rings. The average molecular weight is 449 g/mol. The summed E-state index contributed by atoms with van der Waals surface area (Å²) >= 11 is 0. The van der Waals surface area contributed by atoms with Crippen molar-refractivity contribution in [1.29, 1.82) is 0 Å². The summed E-state index contributed by atoms with van der Waals surface area (Å²) in [6.07, 6.45) is 3.41. The maximum atomic E-state index is 12.3. The summed E-state index contributed by atoms with van der Waals surface area (Å²) in [6.45, 7) is 1.29. The molecule has 176 valence electrons. The van der Waals surface area contributed by atoms with Crippen LogP contribution in [-0.2, 0) is 19.9 Å². The van der Waals surface area contributed by atoms with Crippen LogP contribution in [0.1, 0.15) is 49.9 Å². The van der Waals surface area contributed by atoms with Gasteiger partial charge in [0.1, 0.15) is 36.2 Å². The van der Waals surface area contributed by atoms with Crippen LogP contribution in [0.15, 0.2) is 17.1 Å². The topological polar surface area (TPSA) is 168 Å². The average Bonchev–Trinajstić information content (AvgIpc) is 3.57. The zero-order valence-electron chi connectivity index (χ0n) is 18.2. The standard InChI is InChI=1S/C22H33N5O5/c23-12-26-21(24)15-5-6-17(27-15)22(14-7-8-25-10-14)20(30)19(29)16(32-22)11-31-18(28)9-13-3-1-2-4-13/h5-6,12-14,16,19-20,25,27,29-30H,1-4,7-11H2,(H3,23,24,26)/p+1/t14?,16-,19-,20-,22+/m1/s1. The minimum absolute atomic E-state index is 0.0999. The minimum atomic E-state index is -1.21. The van der Waals surface area contributed by atoms with Gasteiger partial charge < -0.3 is 35.7 Å². The first-order valence-corrected chi connectivity index (χ1v) is 11.4. The Labute approximate surface area is 187 Å². The maximum absolute atomic E-state index is 12.3. The lowest BCUT2D eigenvalue weighted by Gasteiger charge is -2.36. The fourth-order valence-electron chi connectivity index (χ4n) is 5.39. The summed E-state index contributed by atoms with van der Waals surface area (Å²) < 4.78 is 11.8. The van der Waals surface area contributed by atoms with Crippen molar-refractivity contribution in [2.24, 2.45) is 22.6 Å². The van der Waals surface area contributed by atoms with Gasteiger partial charge in [0.15, 0.2) is 0 Å². The Hall–Kier alpha value is -2.27. The van der Waals surface area contributed by atoms with Gasteiger partial charge in [-0.25, -0.2) is 0 Å². The number of aliphatic hydroxyl groups is 2. The second-order valence-electron chi connectivity index (χ2n) is 9.06. The Morgan fingerprint density at radius 3 is 2.81 bits per heavy atom. The van der Waals surface area contributed by atoms with E-state index in [1.165, 1.54) is 0 Å². The zero-order chi connectivity index (χ0) is 22.7. The lowest BCUT2D eigenvalue weighted by Crippen LogP contribution is -2.47. The van der Waals surface area contributed by atoms with Crippen LogP contribution in [-0.4, -0.2) is 71.3 Å². The second kappa shape index (κ2) is 9.70. The highest BCUT2D eigenvalue weighted by Crippen LogP contribution is 2.47. The third-order valence-electron chi connectivity index (χ3n) is 7.09. The SMILES string of the molecule is NC(=NC=[NH2+])c1ccc([C@]2(C3CCNC3)O[C@H](COC(=O)CC3CCCC3)[C@@H](O)[C@H]2O)[nH]1. The molecule has 1 aliphatic carbocycles. The highest BCUT2D eigenvalue weighted by Gasteiger charge is 2.60. The van der Waals surface area contributed by atoms with Crippen LogP contribution >= 0.6 is 0 Å². The third-order valence-corrected chi connectivity index (χ3v) is 7.09. The molecule has 1 aromatic heterocycles. The van der Waals surface area contributed by atoms with Crippen molar-refractivity contribution in [2.45, 2.75) is 62.4 Å². The van der Waals surface area contributed by atoms with Gasteiger partial charge in [0.05, 0.1) is 5.69 Å². The number of esters is 1. The normalized spacial score (nSPS) is 33.6. The monoisotopic (exact) mass is 448 g/mol. The highest BCUT2D eigenvalue weighted by molar-refractivity contribution is 5.99. The molecule has 1 aromatic rings. The van der Waals surface area contributed by atoms with Gasteiger partial charge in [0.25, 0.3) is 12.2 Å². The number of hydrogen-bond acceptors (Lipinski definition) is 6. The zero-order valence-corrected chi connectivity index (χ0v) is 18.2. The van der Waals surface area contributed by atoms with E-state index in [1.807, 2.05) is 0 Å². The molecule has 3 heterocycles. The van der Waals surface area contributed by atoms with E-state index < -0.39 is 23.9 Å². The number of H-pyrrole nitrogens is 1. The van der Waals surface area contributed by atoms with E-state index in [9.17, 15) is 15.0 Å². The number of aliphatic hydroxyl groups excluding tert-OH is 2. The number of aromatic amines is 1. The number of rotatable bonds is 8. The van der Waals surface area contributed by atoms with Crippen LogP contribution in [0.25, 0.3) is 0 Å². The first-order valence-electron chi connectivity index (χ1n) is 11.4. The largest absolute Gasteiger partial charge is 0.463 e. The van der Waals surface area contributed by atoms with E-state index in [4.69, 9.17) is 20.6 Å². The number of aliphatic imine (C=N–C) groups is 1. The molecular weight excluding hydrogens is 414 g/mol. The quantitative estimate of drug-likeness (QED) is 0.161. The van der Waals surface area contributed by atoms with Crippen LogP contribution in [0.5, 0.6) is 0 Å². The summed E-state index contributed by atoms with van der Waals surface area (Å²) in [5, 5.41) is 30.7. The van der Waals surface area contributed by atoms with Crippen LogP contribution in [0.2, 0.25) is 0 Å². The summed E-state index contributed by atoms with van der Waals surface area (Å²) in [6, 6.07) is 3.51. The van der Waals surface area contributed by atoms with E-state index in [0.717, 1.165) is 45.0 Å². The van der Waals surface area contributed by atoms with Crippen molar-refractivity contribution < 1.29 is 29.9 Å². The molecule has 1 saturated carbocycles. The van der Waals surface area contributed by atoms with Crippen molar-refractivity contribution in [3.05, 3.63) is 23.5 Å². The molecule has 0 radical (unpaired) electrons. The van der Waals surface area contributed by atoms with Gasteiger partial charge in [0.2, 0.25) is 0 Å². The number of carbonyl (C=O) groups is 1. The number of carbonyl (C=O) groups excluding carboxylic acids is 1. The molecule has 0 bridgehead atoms. The highest BCUT2D eigenvalue weighted by atomic mass is 16.6. The van der Waals surface area contributed by atoms with Crippen LogP contribution in [0, 0.1) is 11.8 Å². The first-order chi connectivity index (χ1) is 15.5. The molecule has 4 rings (SSSR count). The molecule has 10 heteroatoms. The molecule has 2 aliphatic heterocycles. The molecule has 10 nitrogen and oxygen atoms in total. The number of nitrogens with two attached hydrogens (primary N) is 2. The van der Waals surface area contributed by atoms with Crippen molar-refractivity contribution in [1.82, 2.24) is 10.3 Å². The molecule has 0 spiro atoms. The van der Waals surface area contributed by atoms with E-state index >= 15 is 0 Å². The fraction of sp³-hybridized carbons (Fsp3) is 0.682. The van der Waals surface area contributed by atoms with Crippen molar-refractivity contribution in [2.75, 3.05) is 19.7 Å². The summed E-state index contributed by atoms with van der Waals surface area (Å²) in [7, 11) is 0. The number of amidine groups is 1. The minimum Gasteiger partial charge on any atom is -0.463 e. The van der Waals surface area contributed by atoms with Gasteiger partial charge in [-0.3, -0.25) is 10.2 Å². The molecular formula is C22H34N5O5+. The van der Waals surface area contributed by atoms with E-state index in [2.05, 4.69) is 15.3 Å². The van der Waals surface area contributed by atoms with Crippen molar-refractivity contribution in [3.63, 3.8) is 0 Å². The number of nitrogens with zero attached hydrogens (tertiary/aromatic N) is 1. The van der Waals surface area contributed by atoms with Gasteiger partial charge in [-0.2, -0.15) is 0 Å². The molecule has 0 aromatic carbocycles. The van der Waals surface area contributed by atoms with Gasteiger partial charge in [-0.15, -0.1) is 0 Å². The Balaban J connectivity index is 1.52. The molecule has 0 amide bonds. The van der Waals surface area contributed by atoms with Crippen LogP contribution in [0.4, 0.5) is 0 Å². The summed E-state index contributed by atoms with van der Waals surface area (Å²) in [5.74, 6) is 0.189. The van der Waals surface area contributed by atoms with Gasteiger partial charge in [-0.05, 0) is 48.9 Å². The lowest BCUT2D eigenvalue weighted by atomic mass is 9.79. The first kappa shape index (κ1) is 22.9. The van der Waals surface area contributed by atoms with E-state index in [-0.39, 0.29) is 24.3 Å². The molecule has 32 heavy (non-hydrogen) atoms. The number of hydrogen-bond donors (Lipinski definition) is 6. The maximum Gasteiger partial charge on any atom is 0.306 e. The molecule has 3 aliphatic rings. The molecule has 2 saturated heterocycles. The van der Waals surface area contributed by atoms with Crippen molar-refractivity contribution in [3.8, 4) is 0 Å². The van der Waals surface area contributed by atoms with Crippen LogP contribution < -0.4 is 16.5 Å². The second-order valence-corrected chi connectivity index (χ2v) is 9.06. The number of nitrogens with one attached hydrogen (secondary N) is 2. The van der Waals surface area contributed by atoms with Crippen molar-refractivity contribution >= 4 is 18.1 Å². The summed E-state index contributed by atoms with van der Waals surface area (Å²) in [4.78, 5) is 19.4. The molecule has 8 N–H and O–H groups in total. The third kappa shape index (κ3) is 4.32. The van der Waals surface area contributed by atoms with Gasteiger partial charge in [0, 0.05) is 18.9 Å². The van der Waals surface area contributed by atoms with Crippen LogP contribution in [0.3, 0.4) is 0 Å². The van der Waals surface area contributed by atoms with E-state index in [1.54, 1.807) is 12.1 Å².